The number of Topliss-reactive ketones (excluding diaryl/α,β-unsaturated/α-hetero) is 1. The van der Waals surface area contributed by atoms with Gasteiger partial charge >= 0.3 is 18.1 Å². The Kier molecular flexibility index (Phi) is 5.28. The maximum atomic E-state index is 12.8. The van der Waals surface area contributed by atoms with E-state index < -0.39 is 42.3 Å². The summed E-state index contributed by atoms with van der Waals surface area (Å²) in [5, 5.41) is 8.71. The number of carbonyl (C=O) groups is 3. The maximum Gasteiger partial charge on any atom is 0.411 e. The minimum Gasteiger partial charge on any atom is -0.480 e. The Morgan fingerprint density at radius 3 is 1.95 bits per heavy atom. The van der Waals surface area contributed by atoms with Gasteiger partial charge in [0.15, 0.2) is 5.78 Å². The lowest BCUT2D eigenvalue weighted by Crippen LogP contribution is -2.51. The van der Waals surface area contributed by atoms with E-state index in [1.165, 1.54) is 6.92 Å². The van der Waals surface area contributed by atoms with E-state index in [4.69, 9.17) is 5.11 Å². The van der Waals surface area contributed by atoms with Crippen molar-refractivity contribution >= 4 is 17.7 Å². The minimum absolute atomic E-state index is 0.0456. The van der Waals surface area contributed by atoms with Gasteiger partial charge in [-0.2, -0.15) is 13.2 Å². The number of aliphatic carboxylic acids is 1. The molecule has 0 amide bonds. The van der Waals surface area contributed by atoms with Crippen LogP contribution in [0.5, 0.6) is 0 Å². The number of esters is 1. The Morgan fingerprint density at radius 2 is 1.68 bits per heavy atom. The highest BCUT2D eigenvalue weighted by Crippen LogP contribution is 2.42. The molecule has 0 aromatic rings. The van der Waals surface area contributed by atoms with E-state index in [2.05, 4.69) is 11.3 Å². The molecule has 0 saturated carbocycles. The molecule has 108 valence electrons. The van der Waals surface area contributed by atoms with Crippen LogP contribution in [-0.4, -0.2) is 35.6 Å². The van der Waals surface area contributed by atoms with Gasteiger partial charge in [-0.25, -0.2) is 4.79 Å². The molecule has 8 heteroatoms. The molecule has 0 heterocycles. The quantitative estimate of drug-likeness (QED) is 0.456. The van der Waals surface area contributed by atoms with Crippen molar-refractivity contribution in [3.63, 3.8) is 0 Å². The standard InChI is InChI=1S/C11H13F3O5/c1-6(2)8(16)19-5-4-10(7(3)15,9(17)18)11(12,13)14/h1,4-5H2,2-3H3,(H,17,18). The highest BCUT2D eigenvalue weighted by molar-refractivity contribution is 6.03. The molecule has 0 aromatic carbocycles. The first-order chi connectivity index (χ1) is 8.46. The Bertz CT molecular complexity index is 397. The van der Waals surface area contributed by atoms with E-state index in [0.29, 0.717) is 6.92 Å². The fourth-order valence-corrected chi connectivity index (χ4v) is 1.32. The lowest BCUT2D eigenvalue weighted by Gasteiger charge is -2.28. The Labute approximate surface area is 107 Å². The monoisotopic (exact) mass is 282 g/mol. The fraction of sp³-hybridized carbons (Fsp3) is 0.545. The van der Waals surface area contributed by atoms with Crippen LogP contribution in [0.25, 0.3) is 0 Å². The van der Waals surface area contributed by atoms with Gasteiger partial charge in [-0.1, -0.05) is 6.58 Å². The number of halogens is 3. The van der Waals surface area contributed by atoms with Crippen molar-refractivity contribution in [3.05, 3.63) is 12.2 Å². The molecule has 0 rings (SSSR count). The van der Waals surface area contributed by atoms with Crippen LogP contribution in [0.1, 0.15) is 20.3 Å². The van der Waals surface area contributed by atoms with Crippen LogP contribution < -0.4 is 0 Å². The average molecular weight is 282 g/mol. The Morgan fingerprint density at radius 1 is 1.21 bits per heavy atom. The zero-order valence-electron chi connectivity index (χ0n) is 10.3. The molecule has 5 nitrogen and oxygen atoms in total. The van der Waals surface area contributed by atoms with Crippen LogP contribution in [0.2, 0.25) is 0 Å². The molecule has 0 radical (unpaired) electrons. The summed E-state index contributed by atoms with van der Waals surface area (Å²) in [6.45, 7) is 4.17. The fourth-order valence-electron chi connectivity index (χ4n) is 1.32. The maximum absolute atomic E-state index is 12.8. The van der Waals surface area contributed by atoms with Crippen LogP contribution in [0.15, 0.2) is 12.2 Å². The molecule has 0 aliphatic carbocycles. The summed E-state index contributed by atoms with van der Waals surface area (Å²) in [4.78, 5) is 32.9. The number of carbonyl (C=O) groups excluding carboxylic acids is 2. The summed E-state index contributed by atoms with van der Waals surface area (Å²) >= 11 is 0. The average Bonchev–Trinajstić information content (AvgIpc) is 2.20. The van der Waals surface area contributed by atoms with Crippen molar-refractivity contribution in [1.82, 2.24) is 0 Å². The smallest absolute Gasteiger partial charge is 0.411 e. The van der Waals surface area contributed by atoms with Crippen molar-refractivity contribution in [2.75, 3.05) is 6.61 Å². The molecule has 0 aliphatic rings. The van der Waals surface area contributed by atoms with Gasteiger partial charge in [0.05, 0.1) is 6.61 Å². The first-order valence-corrected chi connectivity index (χ1v) is 5.10. The zero-order chi connectivity index (χ0) is 15.4. The molecule has 19 heavy (non-hydrogen) atoms. The van der Waals surface area contributed by atoms with Crippen molar-refractivity contribution in [2.45, 2.75) is 26.4 Å². The third kappa shape index (κ3) is 3.55. The van der Waals surface area contributed by atoms with E-state index in [9.17, 15) is 27.6 Å². The van der Waals surface area contributed by atoms with Crippen molar-refractivity contribution < 1.29 is 37.4 Å². The molecule has 0 spiro atoms. The Balaban J connectivity index is 5.10. The second-order valence-corrected chi connectivity index (χ2v) is 3.93. The van der Waals surface area contributed by atoms with E-state index in [0.717, 1.165) is 0 Å². The highest BCUT2D eigenvalue weighted by Gasteiger charge is 2.64. The van der Waals surface area contributed by atoms with Gasteiger partial charge < -0.3 is 9.84 Å². The first kappa shape index (κ1) is 17.1. The number of ether oxygens (including phenoxy) is 1. The second kappa shape index (κ2) is 5.85. The van der Waals surface area contributed by atoms with Gasteiger partial charge in [-0.15, -0.1) is 0 Å². The van der Waals surface area contributed by atoms with Gasteiger partial charge in [-0.3, -0.25) is 9.59 Å². The van der Waals surface area contributed by atoms with E-state index in [-0.39, 0.29) is 5.57 Å². The topological polar surface area (TPSA) is 80.7 Å². The molecule has 0 aliphatic heterocycles. The third-order valence-corrected chi connectivity index (χ3v) is 2.51. The molecule has 0 saturated heterocycles. The summed E-state index contributed by atoms with van der Waals surface area (Å²) < 4.78 is 42.8. The zero-order valence-corrected chi connectivity index (χ0v) is 10.3. The predicted molar refractivity (Wildman–Crippen MR) is 57.2 cm³/mol. The lowest BCUT2D eigenvalue weighted by molar-refractivity contribution is -0.230. The molecular weight excluding hydrogens is 269 g/mol. The van der Waals surface area contributed by atoms with Gasteiger partial charge in [0.1, 0.15) is 0 Å². The number of rotatable bonds is 6. The lowest BCUT2D eigenvalue weighted by atomic mass is 9.80. The number of carboxylic acids is 1. The molecule has 0 fully saturated rings. The van der Waals surface area contributed by atoms with Crippen molar-refractivity contribution in [1.29, 1.82) is 0 Å². The molecule has 1 unspecified atom stereocenters. The Hall–Kier alpha value is -1.86. The number of hydrogen-bond acceptors (Lipinski definition) is 4. The van der Waals surface area contributed by atoms with Gasteiger partial charge in [0.2, 0.25) is 5.41 Å². The van der Waals surface area contributed by atoms with Crippen LogP contribution >= 0.6 is 0 Å². The number of carboxylic acid groups (broad SMARTS) is 1. The second-order valence-electron chi connectivity index (χ2n) is 3.93. The van der Waals surface area contributed by atoms with Crippen LogP contribution in [-0.2, 0) is 19.1 Å². The predicted octanol–water partition coefficient (Wildman–Crippen LogP) is 1.72. The summed E-state index contributed by atoms with van der Waals surface area (Å²) in [7, 11) is 0. The minimum atomic E-state index is -5.28. The van der Waals surface area contributed by atoms with Crippen LogP contribution in [0.3, 0.4) is 0 Å². The van der Waals surface area contributed by atoms with E-state index in [1.54, 1.807) is 0 Å². The van der Waals surface area contributed by atoms with Gasteiger partial charge in [0.25, 0.3) is 0 Å². The van der Waals surface area contributed by atoms with Crippen molar-refractivity contribution in [3.8, 4) is 0 Å². The summed E-state index contributed by atoms with van der Waals surface area (Å²) in [6.07, 6.45) is -6.46. The molecular formula is C11H13F3O5. The molecule has 1 N–H and O–H groups in total. The summed E-state index contributed by atoms with van der Waals surface area (Å²) in [6, 6.07) is 0. The highest BCUT2D eigenvalue weighted by atomic mass is 19.4. The largest absolute Gasteiger partial charge is 0.480 e. The van der Waals surface area contributed by atoms with E-state index in [1.807, 2.05) is 0 Å². The summed E-state index contributed by atoms with van der Waals surface area (Å²) in [5.74, 6) is -4.84. The van der Waals surface area contributed by atoms with Crippen molar-refractivity contribution in [2.24, 2.45) is 5.41 Å². The van der Waals surface area contributed by atoms with Crippen LogP contribution in [0, 0.1) is 5.41 Å². The number of ketones is 1. The van der Waals surface area contributed by atoms with E-state index >= 15 is 0 Å². The first-order valence-electron chi connectivity index (χ1n) is 5.10. The SMILES string of the molecule is C=C(C)C(=O)OCCC(C(C)=O)(C(=O)O)C(F)(F)F. The van der Waals surface area contributed by atoms with Gasteiger partial charge in [0, 0.05) is 12.0 Å². The number of hydrogen-bond donors (Lipinski definition) is 1. The molecule has 1 atom stereocenters. The van der Waals surface area contributed by atoms with Gasteiger partial charge in [-0.05, 0) is 13.8 Å². The number of alkyl halides is 3. The molecule has 0 bridgehead atoms. The third-order valence-electron chi connectivity index (χ3n) is 2.51. The summed E-state index contributed by atoms with van der Waals surface area (Å²) in [5.41, 5.74) is -3.61. The van der Waals surface area contributed by atoms with Crippen LogP contribution in [0.4, 0.5) is 13.2 Å². The molecule has 0 aromatic heterocycles. The normalized spacial score (nSPS) is 14.4.